The van der Waals surface area contributed by atoms with Crippen LogP contribution in [-0.4, -0.2) is 9.97 Å². The van der Waals surface area contributed by atoms with Crippen molar-refractivity contribution in [3.8, 4) is 11.1 Å². The Morgan fingerprint density at radius 1 is 0.900 bits per heavy atom. The van der Waals surface area contributed by atoms with Gasteiger partial charge in [0.15, 0.2) is 5.82 Å². The van der Waals surface area contributed by atoms with Crippen molar-refractivity contribution in [2.75, 3.05) is 0 Å². The fourth-order valence-electron chi connectivity index (χ4n) is 2.02. The van der Waals surface area contributed by atoms with Crippen LogP contribution in [0.25, 0.3) is 22.0 Å². The van der Waals surface area contributed by atoms with Gasteiger partial charge in [-0.3, -0.25) is 0 Å². The van der Waals surface area contributed by atoms with Gasteiger partial charge in [0.05, 0.1) is 5.52 Å². The van der Waals surface area contributed by atoms with Crippen molar-refractivity contribution in [1.82, 2.24) is 9.97 Å². The van der Waals surface area contributed by atoms with Crippen LogP contribution in [0.3, 0.4) is 0 Å². The molecule has 0 unspecified atom stereocenters. The van der Waals surface area contributed by atoms with E-state index >= 15 is 0 Å². The Bertz CT molecular complexity index is 760. The molecule has 0 aliphatic heterocycles. The third-order valence-electron chi connectivity index (χ3n) is 2.97. The summed E-state index contributed by atoms with van der Waals surface area (Å²) in [6, 6.07) is 15.0. The zero-order chi connectivity index (χ0) is 14.1. The van der Waals surface area contributed by atoms with E-state index in [-0.39, 0.29) is 5.15 Å². The van der Waals surface area contributed by atoms with Gasteiger partial charge in [-0.2, -0.15) is 0 Å². The van der Waals surface area contributed by atoms with Crippen LogP contribution in [0.15, 0.2) is 48.5 Å². The van der Waals surface area contributed by atoms with Crippen LogP contribution < -0.4 is 0 Å². The van der Waals surface area contributed by atoms with E-state index in [9.17, 15) is 8.78 Å². The molecule has 0 amide bonds. The summed E-state index contributed by atoms with van der Waals surface area (Å²) < 4.78 is 25.3. The maximum Gasteiger partial charge on any atom is 0.297 e. The van der Waals surface area contributed by atoms with Crippen molar-refractivity contribution in [2.45, 2.75) is 6.43 Å². The molecule has 20 heavy (non-hydrogen) atoms. The van der Waals surface area contributed by atoms with Crippen LogP contribution in [0.2, 0.25) is 5.15 Å². The quantitative estimate of drug-likeness (QED) is 0.628. The minimum atomic E-state index is -2.73. The summed E-state index contributed by atoms with van der Waals surface area (Å²) in [6.45, 7) is 0. The number of hydrogen-bond acceptors (Lipinski definition) is 2. The highest BCUT2D eigenvalue weighted by Gasteiger charge is 2.14. The number of rotatable bonds is 2. The van der Waals surface area contributed by atoms with E-state index < -0.39 is 12.2 Å². The van der Waals surface area contributed by atoms with Crippen molar-refractivity contribution in [3.63, 3.8) is 0 Å². The Kier molecular flexibility index (Phi) is 3.32. The number of nitrogens with zero attached hydrogens (tertiary/aromatic N) is 2. The zero-order valence-electron chi connectivity index (χ0n) is 10.2. The topological polar surface area (TPSA) is 25.8 Å². The average molecular weight is 291 g/mol. The molecule has 0 radical (unpaired) electrons. The Labute approximate surface area is 119 Å². The molecule has 100 valence electrons. The second-order valence-corrected chi connectivity index (χ2v) is 4.63. The lowest BCUT2D eigenvalue weighted by Crippen LogP contribution is -1.97. The number of benzene rings is 2. The Morgan fingerprint density at radius 2 is 1.65 bits per heavy atom. The molecule has 1 aromatic heterocycles. The van der Waals surface area contributed by atoms with Gasteiger partial charge in [0.25, 0.3) is 6.43 Å². The van der Waals surface area contributed by atoms with Crippen molar-refractivity contribution < 1.29 is 8.78 Å². The van der Waals surface area contributed by atoms with Gasteiger partial charge in [0, 0.05) is 5.39 Å². The van der Waals surface area contributed by atoms with Gasteiger partial charge in [-0.15, -0.1) is 0 Å². The molecule has 1 heterocycles. The Morgan fingerprint density at radius 3 is 2.35 bits per heavy atom. The monoisotopic (exact) mass is 290 g/mol. The van der Waals surface area contributed by atoms with Gasteiger partial charge in [0.1, 0.15) is 5.15 Å². The molecule has 0 aliphatic rings. The molecule has 0 bridgehead atoms. The summed E-state index contributed by atoms with van der Waals surface area (Å²) in [6.07, 6.45) is -2.73. The minimum Gasteiger partial charge on any atom is -0.227 e. The molecule has 5 heteroatoms. The average Bonchev–Trinajstić information content (AvgIpc) is 2.47. The largest absolute Gasteiger partial charge is 0.297 e. The summed E-state index contributed by atoms with van der Waals surface area (Å²) in [5, 5.41) is 0.612. The second kappa shape index (κ2) is 5.13. The van der Waals surface area contributed by atoms with Gasteiger partial charge < -0.3 is 0 Å². The molecular weight excluding hydrogens is 282 g/mol. The highest BCUT2D eigenvalue weighted by molar-refractivity contribution is 6.34. The van der Waals surface area contributed by atoms with Crippen LogP contribution in [0.5, 0.6) is 0 Å². The summed E-state index contributed by atoms with van der Waals surface area (Å²) in [5.41, 5.74) is 2.37. The number of alkyl halides is 2. The molecule has 3 aromatic rings. The summed E-state index contributed by atoms with van der Waals surface area (Å²) in [5.74, 6) is -0.546. The molecule has 0 aliphatic carbocycles. The van der Waals surface area contributed by atoms with E-state index in [0.29, 0.717) is 10.9 Å². The third-order valence-corrected chi connectivity index (χ3v) is 3.26. The Balaban J connectivity index is 2.17. The normalized spacial score (nSPS) is 11.2. The van der Waals surface area contributed by atoms with Gasteiger partial charge in [-0.1, -0.05) is 48.0 Å². The smallest absolute Gasteiger partial charge is 0.227 e. The van der Waals surface area contributed by atoms with E-state index in [1.807, 2.05) is 42.5 Å². The van der Waals surface area contributed by atoms with E-state index in [1.165, 1.54) is 0 Å². The lowest BCUT2D eigenvalue weighted by Gasteiger charge is -2.06. The fraction of sp³-hybridized carbons (Fsp3) is 0.0667. The molecular formula is C15H9ClF2N2. The van der Waals surface area contributed by atoms with Crippen LogP contribution in [0.1, 0.15) is 12.2 Å². The molecule has 0 N–H and O–H groups in total. The van der Waals surface area contributed by atoms with Crippen LogP contribution in [0.4, 0.5) is 8.78 Å². The minimum absolute atomic E-state index is 0.0445. The number of hydrogen-bond donors (Lipinski definition) is 0. The molecule has 2 aromatic carbocycles. The SMILES string of the molecule is FC(F)c1nc(Cl)c2cc(-c3ccccc3)ccc2n1. The van der Waals surface area contributed by atoms with Crippen LogP contribution >= 0.6 is 11.6 Å². The first-order valence-corrected chi connectivity index (χ1v) is 6.34. The van der Waals surface area contributed by atoms with E-state index in [1.54, 1.807) is 6.07 Å². The molecule has 2 nitrogen and oxygen atoms in total. The van der Waals surface area contributed by atoms with E-state index in [0.717, 1.165) is 11.1 Å². The van der Waals surface area contributed by atoms with Gasteiger partial charge in [-0.25, -0.2) is 18.7 Å². The van der Waals surface area contributed by atoms with Crippen molar-refractivity contribution >= 4 is 22.5 Å². The second-order valence-electron chi connectivity index (χ2n) is 4.27. The standard InChI is InChI=1S/C15H9ClF2N2/c16-13-11-8-10(9-4-2-1-3-5-9)6-7-12(11)19-15(20-13)14(17)18/h1-8,14H. The molecule has 0 spiro atoms. The first kappa shape index (κ1) is 12.9. The lowest BCUT2D eigenvalue weighted by atomic mass is 10.0. The van der Waals surface area contributed by atoms with E-state index in [4.69, 9.17) is 11.6 Å². The molecule has 0 saturated heterocycles. The number of aromatic nitrogens is 2. The Hall–Kier alpha value is -2.07. The lowest BCUT2D eigenvalue weighted by molar-refractivity contribution is 0.141. The summed E-state index contributed by atoms with van der Waals surface area (Å²) >= 11 is 5.98. The molecule has 0 fully saturated rings. The predicted octanol–water partition coefficient (Wildman–Crippen LogP) is 4.89. The summed E-state index contributed by atoms with van der Waals surface area (Å²) in [7, 11) is 0. The molecule has 3 rings (SSSR count). The maximum atomic E-state index is 12.6. The molecule has 0 saturated carbocycles. The van der Waals surface area contributed by atoms with Crippen molar-refractivity contribution in [3.05, 3.63) is 59.5 Å². The highest BCUT2D eigenvalue weighted by atomic mass is 35.5. The summed E-state index contributed by atoms with van der Waals surface area (Å²) in [4.78, 5) is 7.46. The van der Waals surface area contributed by atoms with Crippen LogP contribution in [-0.2, 0) is 0 Å². The first-order valence-electron chi connectivity index (χ1n) is 5.96. The predicted molar refractivity (Wildman–Crippen MR) is 74.9 cm³/mol. The van der Waals surface area contributed by atoms with Gasteiger partial charge >= 0.3 is 0 Å². The highest BCUT2D eigenvalue weighted by Crippen LogP contribution is 2.28. The third kappa shape index (κ3) is 2.34. The number of halogens is 3. The fourth-order valence-corrected chi connectivity index (χ4v) is 2.25. The zero-order valence-corrected chi connectivity index (χ0v) is 11.0. The van der Waals surface area contributed by atoms with Crippen molar-refractivity contribution in [2.24, 2.45) is 0 Å². The van der Waals surface area contributed by atoms with Gasteiger partial charge in [-0.05, 0) is 23.3 Å². The van der Waals surface area contributed by atoms with Crippen molar-refractivity contribution in [1.29, 1.82) is 0 Å². The maximum absolute atomic E-state index is 12.6. The van der Waals surface area contributed by atoms with E-state index in [2.05, 4.69) is 9.97 Å². The molecule has 0 atom stereocenters. The van der Waals surface area contributed by atoms with Crippen LogP contribution in [0, 0.1) is 0 Å². The number of fused-ring (bicyclic) bond motifs is 1. The first-order chi connectivity index (χ1) is 9.65. The van der Waals surface area contributed by atoms with Gasteiger partial charge in [0.2, 0.25) is 0 Å².